The van der Waals surface area contributed by atoms with Gasteiger partial charge in [0, 0.05) is 0 Å². The molecule has 48 N–H and O–H groups in total. The average molecular weight is 1630 g/mol. The van der Waals surface area contributed by atoms with Gasteiger partial charge in [0.05, 0.1) is 52.4 Å². The van der Waals surface area contributed by atoms with Crippen molar-refractivity contribution in [1.82, 2.24) is 0 Å². The Kier molecular flexibility index (Phi) is 30.6. The van der Waals surface area contributed by atoms with Crippen molar-refractivity contribution in [2.75, 3.05) is 52.4 Å². The van der Waals surface area contributed by atoms with Crippen LogP contribution in [-0.4, -0.2) is 427 Å². The van der Waals surface area contributed by atoms with E-state index in [9.17, 15) is 81.7 Å². The zero-order valence-corrected chi connectivity index (χ0v) is 59.3. The first kappa shape index (κ1) is 88.8. The van der Waals surface area contributed by atoms with Crippen LogP contribution in [0.15, 0.2) is 39.9 Å². The number of aliphatic hydroxyl groups excluding tert-OH is 16. The van der Waals surface area contributed by atoms with Gasteiger partial charge in [-0.2, -0.15) is 0 Å². The van der Waals surface area contributed by atoms with Crippen LogP contribution < -0.4 is 91.7 Å². The molecule has 40 atom stereocenters. The lowest BCUT2D eigenvalue weighted by Gasteiger charge is -2.50. The first-order valence-corrected chi connectivity index (χ1v) is 34.5. The van der Waals surface area contributed by atoms with Crippen molar-refractivity contribution in [2.24, 2.45) is 132 Å². The Morgan fingerprint density at radius 2 is 0.241 bits per heavy atom. The molecule has 640 valence electrons. The van der Waals surface area contributed by atoms with Crippen LogP contribution in [0.1, 0.15) is 0 Å². The van der Waals surface area contributed by atoms with Crippen LogP contribution in [-0.2, 0) is 75.8 Å². The number of rotatable bonds is 16. The zero-order valence-electron chi connectivity index (χ0n) is 59.3. The number of aliphatic imine (C=N–C) groups is 8. The van der Waals surface area contributed by atoms with E-state index in [1.165, 1.54) is 0 Å². The molecular weight excluding hydrogens is 1520 g/mol. The number of aliphatic hydroxyl groups is 16. The lowest BCUT2D eigenvalue weighted by Crippen LogP contribution is -2.69. The van der Waals surface area contributed by atoms with Gasteiger partial charge in [0.1, 0.15) is 195 Å². The quantitative estimate of drug-likeness (QED) is 0.0504. The average Bonchev–Trinajstić information content (AvgIpc) is 0.773. The third-order valence-electron chi connectivity index (χ3n) is 19.1. The molecule has 56 heteroatoms. The van der Waals surface area contributed by atoms with Crippen LogP contribution in [0.4, 0.5) is 0 Å². The minimum atomic E-state index is -2.30. The molecule has 30 fully saturated rings. The van der Waals surface area contributed by atoms with Gasteiger partial charge in [0.2, 0.25) is 0 Å². The summed E-state index contributed by atoms with van der Waals surface area (Å²) < 4.78 is 97.5. The predicted molar refractivity (Wildman–Crippen MR) is 370 cm³/mol. The molecule has 30 heterocycles. The van der Waals surface area contributed by atoms with Crippen molar-refractivity contribution < 1.29 is 157 Å². The number of ether oxygens (including phenoxy) is 16. The van der Waals surface area contributed by atoms with Crippen LogP contribution in [0.25, 0.3) is 0 Å². The van der Waals surface area contributed by atoms with Gasteiger partial charge in [-0.3, -0.25) is 39.9 Å². The highest BCUT2D eigenvalue weighted by atomic mass is 16.8. The van der Waals surface area contributed by atoms with Gasteiger partial charge in [0.25, 0.3) is 0 Å². The first-order chi connectivity index (χ1) is 52.7. The second-order valence-electron chi connectivity index (χ2n) is 27.1. The fraction of sp³-hybridized carbons (Fsp3) is 0.857. The normalized spacial score (nSPS) is 45.4. The van der Waals surface area contributed by atoms with E-state index in [0.29, 0.717) is 0 Å². The first-order valence-electron chi connectivity index (χ1n) is 34.5. The molecule has 56 nitrogen and oxygen atoms in total. The lowest BCUT2D eigenvalue weighted by atomic mass is 9.94. The fourth-order valence-corrected chi connectivity index (χ4v) is 13.5. The molecule has 16 bridgehead atoms. The topological polar surface area (TPSA) is 987 Å². The van der Waals surface area contributed by atoms with Crippen molar-refractivity contribution in [3.8, 4) is 0 Å². The third-order valence-corrected chi connectivity index (χ3v) is 19.1. The summed E-state index contributed by atoms with van der Waals surface area (Å²) in [5.41, 5.74) is 91.3. The molecule has 0 radical (unpaired) electrons. The Labute approximate surface area is 633 Å². The lowest BCUT2D eigenvalue weighted by molar-refractivity contribution is -0.398. The van der Waals surface area contributed by atoms with Crippen LogP contribution in [0, 0.1) is 0 Å². The van der Waals surface area contributed by atoms with Crippen LogP contribution in [0.5, 0.6) is 0 Å². The van der Waals surface area contributed by atoms with Gasteiger partial charge in [-0.05, 0) is 0 Å². The van der Waals surface area contributed by atoms with Crippen molar-refractivity contribution in [1.29, 1.82) is 0 Å². The maximum Gasteiger partial charge on any atom is 0.187 e. The highest BCUT2D eigenvalue weighted by molar-refractivity contribution is 5.78. The largest absolute Gasteiger partial charge is 0.387 e. The molecule has 112 heavy (non-hydrogen) atoms. The summed E-state index contributed by atoms with van der Waals surface area (Å²) in [6.45, 7) is -5.54. The maximum absolute atomic E-state index is 12.0. The Bertz CT molecular complexity index is 2670. The van der Waals surface area contributed by atoms with E-state index < -0.39 is 346 Å². The van der Waals surface area contributed by atoms with E-state index in [1.807, 2.05) is 0 Å². The van der Waals surface area contributed by atoms with Gasteiger partial charge in [0.15, 0.2) is 98.0 Å². The molecule has 0 unspecified atom stereocenters. The van der Waals surface area contributed by atoms with Crippen LogP contribution in [0.2, 0.25) is 0 Å². The standard InChI is InChI=1S/C56H104N24O32/c57-49(58)73-1-9-33-17(81)25(89)41(97-9)106-34-10(2-74-50(59)60)99-43(27(91)19(34)83)108-36-12(4-76-52(63)64)101-45(29(93)21(36)85)110-38-14(6-78-54(67)68)103-47(31(95)23(38)87)112-40-16(8-80-56(71)72)104-48(32(96)24(40)88)111-39-15(7-79-55(69)70)102-46(30(94)22(39)86)109-37-13(5-77-53(65)66)100-44(28(92)20(37)84)107-35-11(3-75-51(61)62)98-42(105-33)26(90)18(35)82/h9-48,81-96H,1-8H2,(H4,57,58,73)(H4,59,60,74)(H4,61,62,75)(H4,63,64,76)(H4,65,66,77)(H4,67,68,78)(H4,69,70,79)(H4,71,72,80)/t9-,10-,11-,12-,13-,14-,15-,16-,17-,18-,19-,20-,21-,22-,23-,24-,25-,26-,27-,28-,29+,30+,31+,32-,33-,34-,35-,36-,37-,38-,39-,40-,41-,42-,43-,44-,45-,46-,47-,48-/m1/s1. The summed E-state index contributed by atoms with van der Waals surface area (Å²) in [6.07, 6.45) is -82.9. The van der Waals surface area contributed by atoms with Gasteiger partial charge >= 0.3 is 0 Å². The predicted octanol–water partition coefficient (Wildman–Crippen LogP) is -23.2. The number of nitrogens with two attached hydrogens (primary N) is 16. The number of hydrogen-bond donors (Lipinski definition) is 32. The second kappa shape index (κ2) is 38.6. The van der Waals surface area contributed by atoms with Gasteiger partial charge < -0.3 is 249 Å². The third kappa shape index (κ3) is 21.1. The van der Waals surface area contributed by atoms with Gasteiger partial charge in [-0.1, -0.05) is 0 Å². The monoisotopic (exact) mass is 1620 g/mol. The summed E-state index contributed by atoms with van der Waals surface area (Å²) in [5, 5.41) is 191. The molecule has 30 rings (SSSR count). The smallest absolute Gasteiger partial charge is 0.187 e. The number of guanidine groups is 8. The van der Waals surface area contributed by atoms with E-state index in [1.54, 1.807) is 0 Å². The van der Waals surface area contributed by atoms with Gasteiger partial charge in [-0.25, -0.2) is 0 Å². The van der Waals surface area contributed by atoms with Crippen molar-refractivity contribution in [2.45, 2.75) is 246 Å². The van der Waals surface area contributed by atoms with Crippen LogP contribution in [0.3, 0.4) is 0 Å². The summed E-state index contributed by atoms with van der Waals surface area (Å²) >= 11 is 0. The Balaban J connectivity index is 1.10. The summed E-state index contributed by atoms with van der Waals surface area (Å²) in [4.78, 5) is 31.5. The Morgan fingerprint density at radius 1 is 0.152 bits per heavy atom. The molecular formula is C56H104N24O32. The molecule has 0 aromatic rings. The Hall–Kier alpha value is -7.12. The van der Waals surface area contributed by atoms with Crippen LogP contribution >= 0.6 is 0 Å². The minimum absolute atomic E-state index is 0.583. The molecule has 0 aromatic heterocycles. The van der Waals surface area contributed by atoms with E-state index in [2.05, 4.69) is 39.9 Å². The Morgan fingerprint density at radius 3 is 0.321 bits per heavy atom. The second-order valence-corrected chi connectivity index (χ2v) is 27.1. The van der Waals surface area contributed by atoms with E-state index in [-0.39, 0.29) is 0 Å². The number of hydrogen-bond acceptors (Lipinski definition) is 40. The maximum atomic E-state index is 12.0. The molecule has 0 saturated carbocycles. The highest BCUT2D eigenvalue weighted by Gasteiger charge is 2.61. The van der Waals surface area contributed by atoms with E-state index in [4.69, 9.17) is 168 Å². The van der Waals surface area contributed by atoms with Crippen molar-refractivity contribution in [3.63, 3.8) is 0 Å². The fourth-order valence-electron chi connectivity index (χ4n) is 13.5. The summed E-state index contributed by atoms with van der Waals surface area (Å²) in [5.74, 6) is -4.66. The van der Waals surface area contributed by atoms with E-state index >= 15 is 0 Å². The van der Waals surface area contributed by atoms with E-state index in [0.717, 1.165) is 0 Å². The summed E-state index contributed by atoms with van der Waals surface area (Å²) in [6, 6.07) is 0. The molecule has 0 amide bonds. The molecule has 30 saturated heterocycles. The number of nitrogens with zero attached hydrogens (tertiary/aromatic N) is 8. The summed E-state index contributed by atoms with van der Waals surface area (Å²) in [7, 11) is 0. The van der Waals surface area contributed by atoms with Crippen molar-refractivity contribution >= 4 is 47.7 Å². The molecule has 30 aliphatic heterocycles. The molecule has 0 aromatic carbocycles. The molecule has 0 aliphatic carbocycles. The molecule has 0 spiro atoms. The minimum Gasteiger partial charge on any atom is -0.387 e. The van der Waals surface area contributed by atoms with Crippen molar-refractivity contribution in [3.05, 3.63) is 0 Å². The highest BCUT2D eigenvalue weighted by Crippen LogP contribution is 2.41. The SMILES string of the molecule is NC(N)=NC[C@H]1O[C@@H]2O[C@H]3[C@H](O)[C@@H](O)[C@@H](O[C@H]4[C@H](O)[C@H](O)[C@@H](O[C@H]5[C@H](O)[C@@H](O)[C@@H](O[C@H]6[C@H](O)[C@@H](O)[C@@H](O[C@H]7[C@H](O)[C@@H](O)[C@@H](O[C@H]8[C@H](O)[C@@H](O)[C@@H](O[C@H]9[C@H](O)[C@H](O)[C@@H](O[C@H]1[C@H](O)[C@@H]2O)O[C@@H]9CN=C(N)N)O[C@@H]8CN=C(N)N)O[C@@H]7CN=C(N)N)O[C@@H]6CN=C(N)N)O[C@@H]5CN=C(N)N)O[C@@H]4CN=C(N)N)O[C@@H]3CN=C(N)N. The zero-order chi connectivity index (χ0) is 82.3. The van der Waals surface area contributed by atoms with Gasteiger partial charge in [-0.15, -0.1) is 0 Å². The molecule has 30 aliphatic rings.